The third-order valence-electron chi connectivity index (χ3n) is 4.31. The Morgan fingerprint density at radius 3 is 2.65 bits per heavy atom. The summed E-state index contributed by atoms with van der Waals surface area (Å²) in [4.78, 5) is 20.1. The second-order valence-corrected chi connectivity index (χ2v) is 6.99. The van der Waals surface area contributed by atoms with Crippen molar-refractivity contribution in [2.24, 2.45) is 0 Å². The second-order valence-electron chi connectivity index (χ2n) is 6.04. The first-order chi connectivity index (χ1) is 12.8. The van der Waals surface area contributed by atoms with Crippen molar-refractivity contribution in [3.05, 3.63) is 65.8 Å². The van der Waals surface area contributed by atoms with E-state index in [-0.39, 0.29) is 5.91 Å². The number of thiophene rings is 1. The van der Waals surface area contributed by atoms with Crippen molar-refractivity contribution in [1.29, 1.82) is 0 Å². The molecular weight excluding hydrogens is 346 g/mol. The maximum absolute atomic E-state index is 12.5. The fourth-order valence-corrected chi connectivity index (χ4v) is 3.63. The average Bonchev–Trinajstić information content (AvgIpc) is 3.24. The Kier molecular flexibility index (Phi) is 4.95. The van der Waals surface area contributed by atoms with E-state index in [1.807, 2.05) is 47.8 Å². The van der Waals surface area contributed by atoms with Crippen LogP contribution in [0.1, 0.15) is 10.4 Å². The van der Waals surface area contributed by atoms with Gasteiger partial charge in [-0.2, -0.15) is 0 Å². The van der Waals surface area contributed by atoms with Gasteiger partial charge in [-0.3, -0.25) is 9.78 Å². The molecule has 0 unspecified atom stereocenters. The largest absolute Gasteiger partial charge is 0.378 e. The van der Waals surface area contributed by atoms with Crippen LogP contribution >= 0.6 is 11.3 Å². The van der Waals surface area contributed by atoms with Gasteiger partial charge in [-0.05, 0) is 41.8 Å². The lowest BCUT2D eigenvalue weighted by atomic mass is 10.1. The molecule has 132 valence electrons. The molecular formula is C20H19N3O2S. The van der Waals surface area contributed by atoms with E-state index in [0.29, 0.717) is 5.56 Å². The first-order valence-corrected chi connectivity index (χ1v) is 9.40. The molecule has 0 aliphatic carbocycles. The van der Waals surface area contributed by atoms with E-state index in [9.17, 15) is 4.79 Å². The van der Waals surface area contributed by atoms with Gasteiger partial charge in [-0.25, -0.2) is 0 Å². The summed E-state index contributed by atoms with van der Waals surface area (Å²) in [5, 5.41) is 4.95. The second kappa shape index (κ2) is 7.68. The summed E-state index contributed by atoms with van der Waals surface area (Å²) < 4.78 is 5.38. The van der Waals surface area contributed by atoms with E-state index in [4.69, 9.17) is 4.74 Å². The minimum absolute atomic E-state index is 0.157. The molecule has 0 saturated carbocycles. The number of nitrogens with one attached hydrogen (secondary N) is 1. The number of pyridine rings is 1. The van der Waals surface area contributed by atoms with Crippen LogP contribution in [0.3, 0.4) is 0 Å². The molecule has 0 atom stereocenters. The lowest BCUT2D eigenvalue weighted by molar-refractivity contribution is 0.102. The molecule has 6 heteroatoms. The summed E-state index contributed by atoms with van der Waals surface area (Å²) >= 11 is 1.63. The zero-order chi connectivity index (χ0) is 17.8. The van der Waals surface area contributed by atoms with Crippen LogP contribution in [0.2, 0.25) is 0 Å². The molecule has 0 bridgehead atoms. The van der Waals surface area contributed by atoms with Crippen LogP contribution in [0.4, 0.5) is 11.4 Å². The number of anilines is 2. The highest BCUT2D eigenvalue weighted by Gasteiger charge is 2.12. The molecule has 1 fully saturated rings. The lowest BCUT2D eigenvalue weighted by Crippen LogP contribution is -2.36. The van der Waals surface area contributed by atoms with Gasteiger partial charge in [0.05, 0.1) is 18.8 Å². The van der Waals surface area contributed by atoms with Gasteiger partial charge in [0.1, 0.15) is 0 Å². The third-order valence-corrected chi connectivity index (χ3v) is 5.23. The van der Waals surface area contributed by atoms with Crippen LogP contribution in [-0.4, -0.2) is 37.2 Å². The molecule has 1 aliphatic heterocycles. The maximum atomic E-state index is 12.5. The summed E-state index contributed by atoms with van der Waals surface area (Å²) in [7, 11) is 0. The van der Waals surface area contributed by atoms with Gasteiger partial charge in [0, 0.05) is 47.3 Å². The Bertz CT molecular complexity index is 872. The van der Waals surface area contributed by atoms with Crippen LogP contribution in [-0.2, 0) is 4.74 Å². The first-order valence-electron chi connectivity index (χ1n) is 8.53. The average molecular weight is 365 g/mol. The number of morpholine rings is 1. The van der Waals surface area contributed by atoms with E-state index in [1.165, 1.54) is 0 Å². The highest BCUT2D eigenvalue weighted by atomic mass is 32.1. The minimum Gasteiger partial charge on any atom is -0.378 e. The van der Waals surface area contributed by atoms with Gasteiger partial charge in [-0.1, -0.05) is 6.07 Å². The highest BCUT2D eigenvalue weighted by Crippen LogP contribution is 2.25. The van der Waals surface area contributed by atoms with Crippen molar-refractivity contribution >= 4 is 28.6 Å². The highest BCUT2D eigenvalue weighted by molar-refractivity contribution is 7.13. The topological polar surface area (TPSA) is 54.5 Å². The van der Waals surface area contributed by atoms with Gasteiger partial charge >= 0.3 is 0 Å². The van der Waals surface area contributed by atoms with Gasteiger partial charge in [0.25, 0.3) is 5.91 Å². The Hall–Kier alpha value is -2.70. The van der Waals surface area contributed by atoms with Crippen molar-refractivity contribution in [3.8, 4) is 10.4 Å². The van der Waals surface area contributed by atoms with Crippen molar-refractivity contribution in [2.75, 3.05) is 36.5 Å². The molecule has 5 nitrogen and oxygen atoms in total. The maximum Gasteiger partial charge on any atom is 0.257 e. The number of carbonyl (C=O) groups is 1. The van der Waals surface area contributed by atoms with Crippen molar-refractivity contribution in [1.82, 2.24) is 4.98 Å². The molecule has 3 heterocycles. The molecule has 2 aromatic heterocycles. The standard InChI is InChI=1S/C20H19N3O2S/c24-20(16-12-15(13-21-14-16)19-2-1-11-26-19)22-17-3-5-18(6-4-17)23-7-9-25-10-8-23/h1-6,11-14H,7-10H2,(H,22,24). The van der Waals surface area contributed by atoms with Crippen molar-refractivity contribution in [2.45, 2.75) is 0 Å². The Labute approximate surface area is 156 Å². The van der Waals surface area contributed by atoms with Crippen molar-refractivity contribution < 1.29 is 9.53 Å². The third kappa shape index (κ3) is 3.76. The van der Waals surface area contributed by atoms with Crippen LogP contribution < -0.4 is 10.2 Å². The van der Waals surface area contributed by atoms with Gasteiger partial charge in [-0.15, -0.1) is 11.3 Å². The van der Waals surface area contributed by atoms with Gasteiger partial charge in [0.15, 0.2) is 0 Å². The van der Waals surface area contributed by atoms with Crippen LogP contribution in [0.5, 0.6) is 0 Å². The van der Waals surface area contributed by atoms with Gasteiger partial charge in [0.2, 0.25) is 0 Å². The van der Waals surface area contributed by atoms with Gasteiger partial charge < -0.3 is 15.0 Å². The smallest absolute Gasteiger partial charge is 0.257 e. The van der Waals surface area contributed by atoms with Crippen LogP contribution in [0, 0.1) is 0 Å². The summed E-state index contributed by atoms with van der Waals surface area (Å²) in [5.74, 6) is -0.157. The summed E-state index contributed by atoms with van der Waals surface area (Å²) in [6.45, 7) is 3.30. The number of rotatable bonds is 4. The number of benzene rings is 1. The lowest BCUT2D eigenvalue weighted by Gasteiger charge is -2.28. The molecule has 1 amide bonds. The SMILES string of the molecule is O=C(Nc1ccc(N2CCOCC2)cc1)c1cncc(-c2cccs2)c1. The number of carbonyl (C=O) groups excluding carboxylic acids is 1. The quantitative estimate of drug-likeness (QED) is 0.762. The predicted molar refractivity (Wildman–Crippen MR) is 105 cm³/mol. The normalized spacial score (nSPS) is 14.2. The number of aromatic nitrogens is 1. The fourth-order valence-electron chi connectivity index (χ4n) is 2.92. The zero-order valence-electron chi connectivity index (χ0n) is 14.2. The van der Waals surface area contributed by atoms with E-state index < -0.39 is 0 Å². The molecule has 26 heavy (non-hydrogen) atoms. The number of nitrogens with zero attached hydrogens (tertiary/aromatic N) is 2. The number of hydrogen-bond acceptors (Lipinski definition) is 5. The monoisotopic (exact) mass is 365 g/mol. The Morgan fingerprint density at radius 2 is 1.92 bits per heavy atom. The molecule has 1 aliphatic rings. The molecule has 0 radical (unpaired) electrons. The summed E-state index contributed by atoms with van der Waals surface area (Å²) in [6, 6.07) is 13.8. The molecule has 0 spiro atoms. The Balaban J connectivity index is 1.45. The number of ether oxygens (including phenoxy) is 1. The predicted octanol–water partition coefficient (Wildman–Crippen LogP) is 3.90. The van der Waals surface area contributed by atoms with E-state index in [1.54, 1.807) is 23.7 Å². The Morgan fingerprint density at radius 1 is 1.12 bits per heavy atom. The van der Waals surface area contributed by atoms with E-state index in [2.05, 4.69) is 15.2 Å². The molecule has 1 N–H and O–H groups in total. The summed E-state index contributed by atoms with van der Waals surface area (Å²) in [5.41, 5.74) is 3.42. The van der Waals surface area contributed by atoms with E-state index in [0.717, 1.165) is 48.1 Å². The van der Waals surface area contributed by atoms with E-state index >= 15 is 0 Å². The van der Waals surface area contributed by atoms with Crippen LogP contribution in [0.25, 0.3) is 10.4 Å². The molecule has 1 saturated heterocycles. The van der Waals surface area contributed by atoms with Crippen LogP contribution in [0.15, 0.2) is 60.2 Å². The number of amides is 1. The molecule has 4 rings (SSSR count). The van der Waals surface area contributed by atoms with Crippen molar-refractivity contribution in [3.63, 3.8) is 0 Å². The number of hydrogen-bond donors (Lipinski definition) is 1. The first kappa shape index (κ1) is 16.8. The zero-order valence-corrected chi connectivity index (χ0v) is 15.0. The fraction of sp³-hybridized carbons (Fsp3) is 0.200. The molecule has 3 aromatic rings. The minimum atomic E-state index is -0.157. The molecule has 1 aromatic carbocycles. The summed E-state index contributed by atoms with van der Waals surface area (Å²) in [6.07, 6.45) is 3.37.